The Morgan fingerprint density at radius 3 is 2.94 bits per heavy atom. The number of hydrogen-bond donors (Lipinski definition) is 1. The van der Waals surface area contributed by atoms with E-state index in [4.69, 9.17) is 4.74 Å². The monoisotopic (exact) mass is 254 g/mol. The van der Waals surface area contributed by atoms with Crippen molar-refractivity contribution in [3.8, 4) is 11.5 Å². The van der Waals surface area contributed by atoms with Crippen molar-refractivity contribution in [1.82, 2.24) is 0 Å². The molecule has 1 N–H and O–H groups in total. The fourth-order valence-electron chi connectivity index (χ4n) is 1.34. The maximum absolute atomic E-state index is 10.8. The van der Waals surface area contributed by atoms with Crippen molar-refractivity contribution >= 4 is 18.0 Å². The Balaban J connectivity index is 2.36. The topological polar surface area (TPSA) is 46.5 Å². The molecule has 0 bridgehead atoms. The molecule has 0 aliphatic rings. The van der Waals surface area contributed by atoms with Gasteiger partial charge in [-0.2, -0.15) is 11.8 Å². The number of phenolic OH excluding ortho intramolecular Hbond substituents is 1. The van der Waals surface area contributed by atoms with Crippen LogP contribution in [-0.2, 0) is 0 Å². The highest BCUT2D eigenvalue weighted by Gasteiger charge is 2.07. The van der Waals surface area contributed by atoms with Gasteiger partial charge in [-0.25, -0.2) is 0 Å². The van der Waals surface area contributed by atoms with Crippen molar-refractivity contribution < 1.29 is 14.6 Å². The van der Waals surface area contributed by atoms with Crippen LogP contribution in [-0.4, -0.2) is 29.5 Å². The van der Waals surface area contributed by atoms with Crippen LogP contribution in [0.25, 0.3) is 0 Å². The molecular weight excluding hydrogens is 236 g/mol. The number of aromatic hydroxyl groups is 1. The lowest BCUT2D eigenvalue weighted by atomic mass is 10.2. The van der Waals surface area contributed by atoms with Crippen molar-refractivity contribution in [3.05, 3.63) is 23.8 Å². The zero-order valence-corrected chi connectivity index (χ0v) is 10.8. The van der Waals surface area contributed by atoms with Crippen LogP contribution >= 0.6 is 11.8 Å². The van der Waals surface area contributed by atoms with E-state index in [1.165, 1.54) is 18.9 Å². The number of thioether (sulfide) groups is 1. The normalized spacial score (nSPS) is 10.2. The summed E-state index contributed by atoms with van der Waals surface area (Å²) in [6.07, 6.45) is 3.04. The number of carbonyl (C=O) groups is 1. The average molecular weight is 254 g/mol. The summed E-state index contributed by atoms with van der Waals surface area (Å²) in [6.45, 7) is 2.72. The van der Waals surface area contributed by atoms with Crippen LogP contribution in [0, 0.1) is 0 Å². The molecule has 0 heterocycles. The minimum absolute atomic E-state index is 0.0314. The first-order chi connectivity index (χ1) is 8.29. The fraction of sp³-hybridized carbons (Fsp3) is 0.462. The standard InChI is InChI=1S/C13H18O3S/c1-2-3-8-17-9-7-16-13-6-4-5-12(15)11(13)10-14/h4-6,10,15H,2-3,7-9H2,1H3. The van der Waals surface area contributed by atoms with Crippen LogP contribution in [0.15, 0.2) is 18.2 Å². The lowest BCUT2D eigenvalue weighted by Crippen LogP contribution is -2.03. The highest BCUT2D eigenvalue weighted by molar-refractivity contribution is 7.99. The van der Waals surface area contributed by atoms with Gasteiger partial charge in [-0.15, -0.1) is 0 Å². The minimum Gasteiger partial charge on any atom is -0.507 e. The first kappa shape index (κ1) is 13.9. The maximum Gasteiger partial charge on any atom is 0.157 e. The van der Waals surface area contributed by atoms with Crippen molar-refractivity contribution in [2.45, 2.75) is 19.8 Å². The Morgan fingerprint density at radius 1 is 1.41 bits per heavy atom. The van der Waals surface area contributed by atoms with Gasteiger partial charge in [0, 0.05) is 5.75 Å². The van der Waals surface area contributed by atoms with Crippen molar-refractivity contribution in [2.24, 2.45) is 0 Å². The van der Waals surface area contributed by atoms with Crippen LogP contribution in [0.5, 0.6) is 11.5 Å². The Morgan fingerprint density at radius 2 is 2.24 bits per heavy atom. The molecule has 17 heavy (non-hydrogen) atoms. The van der Waals surface area contributed by atoms with E-state index in [9.17, 15) is 9.90 Å². The quantitative estimate of drug-likeness (QED) is 0.572. The fourth-order valence-corrected chi connectivity index (χ4v) is 2.23. The zero-order chi connectivity index (χ0) is 12.5. The average Bonchev–Trinajstić information content (AvgIpc) is 2.34. The maximum atomic E-state index is 10.8. The van der Waals surface area contributed by atoms with Crippen LogP contribution < -0.4 is 4.74 Å². The Labute approximate surface area is 106 Å². The summed E-state index contributed by atoms with van der Waals surface area (Å²) in [4.78, 5) is 10.8. The number of hydrogen-bond acceptors (Lipinski definition) is 4. The van der Waals surface area contributed by atoms with E-state index in [0.717, 1.165) is 11.5 Å². The molecule has 0 radical (unpaired) electrons. The van der Waals surface area contributed by atoms with Gasteiger partial charge in [0.1, 0.15) is 11.5 Å². The summed E-state index contributed by atoms with van der Waals surface area (Å²) in [5.74, 6) is 2.46. The van der Waals surface area contributed by atoms with E-state index in [-0.39, 0.29) is 11.3 Å². The van der Waals surface area contributed by atoms with Gasteiger partial charge in [-0.3, -0.25) is 4.79 Å². The van der Waals surface area contributed by atoms with Gasteiger partial charge in [0.25, 0.3) is 0 Å². The third-order valence-electron chi connectivity index (χ3n) is 2.29. The first-order valence-electron chi connectivity index (χ1n) is 5.77. The largest absolute Gasteiger partial charge is 0.507 e. The molecule has 0 saturated heterocycles. The van der Waals surface area contributed by atoms with E-state index in [1.807, 2.05) is 11.8 Å². The molecule has 94 valence electrons. The van der Waals surface area contributed by atoms with Gasteiger partial charge in [0.15, 0.2) is 6.29 Å². The SMILES string of the molecule is CCCCSCCOc1cccc(O)c1C=O. The molecule has 1 aromatic carbocycles. The molecule has 0 aliphatic heterocycles. The van der Waals surface area contributed by atoms with Crippen LogP contribution in [0.4, 0.5) is 0 Å². The summed E-state index contributed by atoms with van der Waals surface area (Å²) in [6, 6.07) is 4.84. The van der Waals surface area contributed by atoms with E-state index < -0.39 is 0 Å². The highest BCUT2D eigenvalue weighted by Crippen LogP contribution is 2.25. The van der Waals surface area contributed by atoms with Crippen LogP contribution in [0.2, 0.25) is 0 Å². The second-order valence-corrected chi connectivity index (χ2v) is 4.85. The Bertz CT molecular complexity index is 353. The lowest BCUT2D eigenvalue weighted by Gasteiger charge is -2.08. The lowest BCUT2D eigenvalue weighted by molar-refractivity contribution is 0.111. The number of carbonyl (C=O) groups excluding carboxylic acids is 1. The number of benzene rings is 1. The van der Waals surface area contributed by atoms with E-state index in [2.05, 4.69) is 6.92 Å². The van der Waals surface area contributed by atoms with Crippen molar-refractivity contribution in [2.75, 3.05) is 18.1 Å². The summed E-state index contributed by atoms with van der Waals surface area (Å²) < 4.78 is 5.48. The summed E-state index contributed by atoms with van der Waals surface area (Å²) >= 11 is 1.84. The second-order valence-electron chi connectivity index (χ2n) is 3.62. The number of aldehydes is 1. The van der Waals surface area contributed by atoms with Crippen molar-refractivity contribution in [1.29, 1.82) is 0 Å². The van der Waals surface area contributed by atoms with Crippen LogP contribution in [0.3, 0.4) is 0 Å². The molecule has 0 aromatic heterocycles. The molecule has 0 aliphatic carbocycles. The smallest absolute Gasteiger partial charge is 0.157 e. The first-order valence-corrected chi connectivity index (χ1v) is 6.92. The van der Waals surface area contributed by atoms with E-state index in [1.54, 1.807) is 12.1 Å². The van der Waals surface area contributed by atoms with Crippen molar-refractivity contribution in [3.63, 3.8) is 0 Å². The number of unbranched alkanes of at least 4 members (excludes halogenated alkanes) is 1. The third-order valence-corrected chi connectivity index (χ3v) is 3.32. The molecule has 4 heteroatoms. The highest BCUT2D eigenvalue weighted by atomic mass is 32.2. The number of phenols is 1. The summed E-state index contributed by atoms with van der Waals surface area (Å²) in [5, 5.41) is 9.45. The number of rotatable bonds is 8. The molecule has 0 unspecified atom stereocenters. The van der Waals surface area contributed by atoms with Gasteiger partial charge < -0.3 is 9.84 Å². The second kappa shape index (κ2) is 8.01. The molecule has 0 fully saturated rings. The summed E-state index contributed by atoms with van der Waals surface area (Å²) in [5.41, 5.74) is 0.228. The van der Waals surface area contributed by atoms with Gasteiger partial charge in [-0.05, 0) is 24.3 Å². The Kier molecular flexibility index (Phi) is 6.55. The molecular formula is C13H18O3S. The molecule has 3 nitrogen and oxygen atoms in total. The van der Waals surface area contributed by atoms with E-state index >= 15 is 0 Å². The molecule has 0 atom stereocenters. The molecule has 1 aromatic rings. The number of ether oxygens (including phenoxy) is 1. The minimum atomic E-state index is -0.0314. The molecule has 0 saturated carbocycles. The van der Waals surface area contributed by atoms with Gasteiger partial charge >= 0.3 is 0 Å². The molecule has 1 rings (SSSR count). The third kappa shape index (κ3) is 4.69. The predicted molar refractivity (Wildman–Crippen MR) is 71.2 cm³/mol. The van der Waals surface area contributed by atoms with Gasteiger partial charge in [-0.1, -0.05) is 19.4 Å². The van der Waals surface area contributed by atoms with Gasteiger partial charge in [0.2, 0.25) is 0 Å². The van der Waals surface area contributed by atoms with Gasteiger partial charge in [0.05, 0.1) is 12.2 Å². The van der Waals surface area contributed by atoms with E-state index in [0.29, 0.717) is 18.6 Å². The predicted octanol–water partition coefficient (Wildman–Crippen LogP) is 3.12. The Hall–Kier alpha value is -1.16. The zero-order valence-electron chi connectivity index (χ0n) is 10.0. The van der Waals surface area contributed by atoms with Crippen LogP contribution in [0.1, 0.15) is 30.1 Å². The summed E-state index contributed by atoms with van der Waals surface area (Å²) in [7, 11) is 0. The molecule has 0 spiro atoms. The molecule has 0 amide bonds.